The third-order valence-electron chi connectivity index (χ3n) is 16.1. The summed E-state index contributed by atoms with van der Waals surface area (Å²) in [6.07, 6.45) is 18.7. The molecule has 11 atom stereocenters. The second kappa shape index (κ2) is 29.9. The molecule has 1 heterocycles. The van der Waals surface area contributed by atoms with E-state index in [0.717, 1.165) is 39.0 Å². The molecule has 3 aliphatic carbocycles. The van der Waals surface area contributed by atoms with Crippen LogP contribution in [0.2, 0.25) is 0 Å². The van der Waals surface area contributed by atoms with E-state index in [9.17, 15) is 34.2 Å². The number of benzene rings is 1. The number of allylic oxidation sites excluding steroid dienone is 12. The molecule has 17 heteroatoms. The van der Waals surface area contributed by atoms with Crippen LogP contribution in [0.3, 0.4) is 0 Å². The maximum Gasteiger partial charge on any atom is 0.408 e. The van der Waals surface area contributed by atoms with Crippen molar-refractivity contribution in [3.05, 3.63) is 120 Å². The number of fused-ring (bicyclic) bond motifs is 5. The average Bonchev–Trinajstić information content (AvgIpc) is 0.708. The Balaban J connectivity index is 1.50. The Morgan fingerprint density at radius 3 is 1.88 bits per heavy atom. The number of amides is 1. The molecule has 1 amide bonds. The van der Waals surface area contributed by atoms with Crippen molar-refractivity contribution in [2.24, 2.45) is 22.7 Å². The van der Waals surface area contributed by atoms with E-state index in [2.05, 4.69) is 66.9 Å². The number of rotatable bonds is 26. The number of hydrogen-bond acceptors (Lipinski definition) is 16. The van der Waals surface area contributed by atoms with Crippen LogP contribution in [0.15, 0.2) is 114 Å². The van der Waals surface area contributed by atoms with E-state index in [4.69, 9.17) is 33.2 Å². The molecule has 1 aliphatic heterocycles. The van der Waals surface area contributed by atoms with Gasteiger partial charge in [-0.3, -0.25) is 19.2 Å². The Labute approximate surface area is 491 Å². The van der Waals surface area contributed by atoms with Crippen molar-refractivity contribution in [1.82, 2.24) is 5.32 Å². The van der Waals surface area contributed by atoms with Crippen LogP contribution in [-0.2, 0) is 57.1 Å². The number of carbonyl (C=O) groups excluding carboxylic acids is 7. The summed E-state index contributed by atoms with van der Waals surface area (Å²) in [5, 5.41) is 29.1. The second-order valence-electron chi connectivity index (χ2n) is 24.2. The van der Waals surface area contributed by atoms with Gasteiger partial charge < -0.3 is 48.7 Å². The molecule has 0 spiro atoms. The maximum atomic E-state index is 15.9. The van der Waals surface area contributed by atoms with E-state index in [1.807, 2.05) is 32.1 Å². The van der Waals surface area contributed by atoms with Crippen LogP contribution in [0.25, 0.3) is 0 Å². The highest BCUT2D eigenvalue weighted by atomic mass is 16.6. The minimum absolute atomic E-state index is 0.00692. The lowest BCUT2D eigenvalue weighted by molar-refractivity contribution is -0.346. The first-order chi connectivity index (χ1) is 39.2. The lowest BCUT2D eigenvalue weighted by Gasteiger charge is -2.67. The van der Waals surface area contributed by atoms with E-state index in [1.165, 1.54) is 26.0 Å². The van der Waals surface area contributed by atoms with Gasteiger partial charge >= 0.3 is 35.9 Å². The molecule has 3 fully saturated rings. The normalized spacial score (nSPS) is 27.7. The van der Waals surface area contributed by atoms with Crippen molar-refractivity contribution in [3.8, 4) is 0 Å². The van der Waals surface area contributed by atoms with Crippen LogP contribution < -0.4 is 5.32 Å². The summed E-state index contributed by atoms with van der Waals surface area (Å²) in [5.41, 5.74) is -8.79. The number of carbonyl (C=O) groups is 7. The van der Waals surface area contributed by atoms with Gasteiger partial charge in [0.15, 0.2) is 17.5 Å². The van der Waals surface area contributed by atoms with Crippen LogP contribution >= 0.6 is 0 Å². The van der Waals surface area contributed by atoms with E-state index < -0.39 is 124 Å². The molecule has 2 bridgehead atoms. The minimum Gasteiger partial charge on any atom is -0.455 e. The average molecular weight is 1150 g/mol. The van der Waals surface area contributed by atoms with Gasteiger partial charge in [-0.05, 0) is 115 Å². The van der Waals surface area contributed by atoms with Crippen molar-refractivity contribution in [2.45, 2.75) is 220 Å². The van der Waals surface area contributed by atoms with Crippen LogP contribution in [0, 0.1) is 22.7 Å². The number of aliphatic hydroxyl groups excluding tert-OH is 1. The lowest BCUT2D eigenvalue weighted by atomic mass is 9.44. The summed E-state index contributed by atoms with van der Waals surface area (Å²) in [4.78, 5) is 99.9. The number of esters is 5. The van der Waals surface area contributed by atoms with Crippen LogP contribution in [-0.4, -0.2) is 118 Å². The highest BCUT2D eigenvalue weighted by Gasteiger charge is 2.78. The third kappa shape index (κ3) is 16.7. The summed E-state index contributed by atoms with van der Waals surface area (Å²) < 4.78 is 42.8. The number of alkyl carbamates (subject to hydrolysis) is 1. The summed E-state index contributed by atoms with van der Waals surface area (Å²) in [5.74, 6) is -7.13. The Morgan fingerprint density at radius 2 is 1.37 bits per heavy atom. The Bertz CT molecular complexity index is 2650. The smallest absolute Gasteiger partial charge is 0.408 e. The van der Waals surface area contributed by atoms with Crippen LogP contribution in [0.5, 0.6) is 0 Å². The van der Waals surface area contributed by atoms with E-state index >= 15 is 9.59 Å². The van der Waals surface area contributed by atoms with Crippen molar-refractivity contribution in [3.63, 3.8) is 0 Å². The zero-order valence-electron chi connectivity index (χ0n) is 50.8. The fourth-order valence-corrected chi connectivity index (χ4v) is 11.8. The molecule has 1 unspecified atom stereocenters. The lowest BCUT2D eigenvalue weighted by Crippen LogP contribution is -2.82. The Morgan fingerprint density at radius 1 is 0.807 bits per heavy atom. The molecule has 1 aromatic carbocycles. The molecule has 3 N–H and O–H groups in total. The molecule has 83 heavy (non-hydrogen) atoms. The minimum atomic E-state index is -2.44. The SMILES string of the molecule is CC/C=C\C/C=C\C/C=C\C/C=C\C/C=C\C/C=C\CCC(=O)O[C@@H](C(=O)O[C@H]1C[C@@]2(O)[C@@H](OC(=O)c3ccccc3)C3[C@](C)(C(=O)[C@H](OC(=O)CC)C(=C1C)C2(C)C)[C@@H](O)C[C@H]1OC[C@@]31OC(C)=O)[C@H](CC(C)C)NC(=O)OC(C)(C)C. The largest absolute Gasteiger partial charge is 0.455 e. The topological polar surface area (TPSA) is 237 Å². The van der Waals surface area contributed by atoms with E-state index in [0.29, 0.717) is 6.42 Å². The van der Waals surface area contributed by atoms with Crippen LogP contribution in [0.1, 0.15) is 170 Å². The van der Waals surface area contributed by atoms with E-state index in [1.54, 1.807) is 59.7 Å². The first kappa shape index (κ1) is 67.4. The predicted molar refractivity (Wildman–Crippen MR) is 313 cm³/mol. The molecule has 1 aromatic rings. The fraction of sp³-hybridized carbons (Fsp3) is 0.591. The van der Waals surface area contributed by atoms with Gasteiger partial charge in [-0.2, -0.15) is 0 Å². The van der Waals surface area contributed by atoms with Crippen molar-refractivity contribution in [2.75, 3.05) is 6.61 Å². The molecule has 4 aliphatic rings. The second-order valence-corrected chi connectivity index (χ2v) is 24.2. The molecular weight excluding hydrogens is 1060 g/mol. The van der Waals surface area contributed by atoms with Gasteiger partial charge in [0.05, 0.1) is 35.6 Å². The Hall–Kier alpha value is -6.43. The van der Waals surface area contributed by atoms with Gasteiger partial charge in [-0.25, -0.2) is 14.4 Å². The zero-order valence-corrected chi connectivity index (χ0v) is 50.8. The van der Waals surface area contributed by atoms with E-state index in [-0.39, 0.29) is 61.3 Å². The summed E-state index contributed by atoms with van der Waals surface area (Å²) in [7, 11) is 0. The molecule has 456 valence electrons. The van der Waals surface area contributed by atoms with Gasteiger partial charge in [-0.15, -0.1) is 0 Å². The number of ketones is 1. The zero-order chi connectivity index (χ0) is 61.3. The van der Waals surface area contributed by atoms with Gasteiger partial charge in [0.2, 0.25) is 6.10 Å². The van der Waals surface area contributed by atoms with Gasteiger partial charge in [0.1, 0.15) is 29.5 Å². The summed E-state index contributed by atoms with van der Waals surface area (Å²) in [6.45, 7) is 19.3. The monoisotopic (exact) mass is 1150 g/mol. The van der Waals surface area contributed by atoms with Gasteiger partial charge in [-0.1, -0.05) is 133 Å². The molecule has 1 saturated heterocycles. The van der Waals surface area contributed by atoms with Crippen LogP contribution in [0.4, 0.5) is 4.79 Å². The molecule has 2 saturated carbocycles. The highest BCUT2D eigenvalue weighted by Crippen LogP contribution is 2.64. The molecule has 0 aromatic heterocycles. The number of nitrogens with one attached hydrogen (secondary N) is 1. The molecule has 17 nitrogen and oxygen atoms in total. The van der Waals surface area contributed by atoms with Crippen molar-refractivity contribution in [1.29, 1.82) is 0 Å². The third-order valence-corrected chi connectivity index (χ3v) is 16.1. The molecule has 5 rings (SSSR count). The first-order valence-corrected chi connectivity index (χ1v) is 29.4. The Kier molecular flexibility index (Phi) is 24.3. The fourth-order valence-electron chi connectivity index (χ4n) is 11.8. The number of Topliss-reactive ketones (excluding diaryl/α,β-unsaturated/α-hetero) is 1. The highest BCUT2D eigenvalue weighted by molar-refractivity contribution is 5.96. The summed E-state index contributed by atoms with van der Waals surface area (Å²) in [6, 6.07) is 6.65. The first-order valence-electron chi connectivity index (χ1n) is 29.4. The van der Waals surface area contributed by atoms with Gasteiger partial charge in [0.25, 0.3) is 0 Å². The van der Waals surface area contributed by atoms with Gasteiger partial charge in [0, 0.05) is 38.0 Å². The number of hydrogen-bond donors (Lipinski definition) is 3. The summed E-state index contributed by atoms with van der Waals surface area (Å²) >= 11 is 0. The standard InChI is InChI=1S/C66H91NO16/c1-13-15-16-17-18-19-20-21-22-23-24-25-26-27-28-29-30-31-35-38-52(71)80-54(47(39-43(3)4)67-61(75)83-62(7,8)9)60(74)78-48-41-66(76)58(81-59(73)46-36-33-32-34-37-46)56-64(12,49(69)40-50-65(56,42-77-50)82-45(6)68)57(72)55(79-51(70)14-2)53(44(48)5)63(66,10)11/h15-16,18-19,21-22,24-25,27-28,30-34,36-37,43,47-50,54-56,58,69,76H,13-14,17,20,23,26,29,35,38-42H2,1-12H3,(H,67,75)/b16-15-,19-18-,22-21-,25-24-,28-27-,31-30-/t47-,48-,49-,50+,54+,55+,56?,58-,64+,65-,66+/m0/s1. The quantitative estimate of drug-likeness (QED) is 0.0444. The number of aliphatic hydroxyl groups is 2. The maximum absolute atomic E-state index is 15.9. The molecular formula is C66H91NO16. The molecule has 0 radical (unpaired) electrons. The van der Waals surface area contributed by atoms with Crippen molar-refractivity contribution < 1.29 is 76.9 Å². The number of ether oxygens (including phenoxy) is 7. The van der Waals surface area contributed by atoms with Crippen molar-refractivity contribution >= 4 is 41.7 Å². The predicted octanol–water partition coefficient (Wildman–Crippen LogP) is 10.9.